The molecule has 0 saturated heterocycles. The van der Waals surface area contributed by atoms with E-state index in [9.17, 15) is 4.79 Å². The molecule has 0 atom stereocenters. The van der Waals surface area contributed by atoms with Gasteiger partial charge in [-0.05, 0) is 41.5 Å². The number of halogens is 1. The van der Waals surface area contributed by atoms with E-state index in [1.807, 2.05) is 48.6 Å². The van der Waals surface area contributed by atoms with Gasteiger partial charge in [0, 0.05) is 35.1 Å². The van der Waals surface area contributed by atoms with Crippen LogP contribution in [0.3, 0.4) is 0 Å². The molecule has 1 aliphatic rings. The summed E-state index contributed by atoms with van der Waals surface area (Å²) in [7, 11) is 0. The average molecular weight is 338 g/mol. The van der Waals surface area contributed by atoms with Gasteiger partial charge in [0.2, 0.25) is 5.91 Å². The maximum absolute atomic E-state index is 11.2. The fourth-order valence-corrected chi connectivity index (χ4v) is 2.72. The summed E-state index contributed by atoms with van der Waals surface area (Å²) in [5.74, 6) is 0.355. The van der Waals surface area contributed by atoms with Gasteiger partial charge in [-0.3, -0.25) is 4.79 Å². The van der Waals surface area contributed by atoms with Crippen molar-refractivity contribution in [2.24, 2.45) is 0 Å². The van der Waals surface area contributed by atoms with Crippen LogP contribution < -0.4 is 10.6 Å². The first-order valence-electron chi connectivity index (χ1n) is 7.41. The van der Waals surface area contributed by atoms with Crippen LogP contribution in [-0.4, -0.2) is 10.9 Å². The topological polar surface area (TPSA) is 54.0 Å². The largest absolute Gasteiger partial charge is 0.355 e. The predicted octanol–water partition coefficient (Wildman–Crippen LogP) is 4.23. The lowest BCUT2D eigenvalue weighted by Gasteiger charge is -2.19. The molecule has 120 valence electrons. The zero-order valence-electron chi connectivity index (χ0n) is 13.1. The van der Waals surface area contributed by atoms with Gasteiger partial charge in [0.05, 0.1) is 0 Å². The zero-order valence-corrected chi connectivity index (χ0v) is 13.9. The Hall–Kier alpha value is -2.85. The number of dihydropyridines is 1. The number of anilines is 1. The van der Waals surface area contributed by atoms with E-state index >= 15 is 0 Å². The van der Waals surface area contributed by atoms with Crippen molar-refractivity contribution >= 4 is 34.6 Å². The molecular formula is C19H16ClN3O. The normalized spacial score (nSPS) is 13.7. The molecule has 0 spiro atoms. The highest BCUT2D eigenvalue weighted by Gasteiger charge is 2.13. The van der Waals surface area contributed by atoms with E-state index < -0.39 is 0 Å². The summed E-state index contributed by atoms with van der Waals surface area (Å²) in [6.45, 7) is 5.46. The van der Waals surface area contributed by atoms with Crippen LogP contribution in [0.4, 0.5) is 5.82 Å². The van der Waals surface area contributed by atoms with Crippen LogP contribution in [0.1, 0.15) is 18.1 Å². The minimum absolute atomic E-state index is 0.157. The summed E-state index contributed by atoms with van der Waals surface area (Å²) in [6.07, 6.45) is 5.60. The molecule has 2 aromatic rings. The number of benzene rings is 1. The Labute approximate surface area is 145 Å². The Morgan fingerprint density at radius 2 is 2.04 bits per heavy atom. The van der Waals surface area contributed by atoms with Crippen molar-refractivity contribution < 1.29 is 4.79 Å². The van der Waals surface area contributed by atoms with Crippen molar-refractivity contribution in [1.82, 2.24) is 10.3 Å². The van der Waals surface area contributed by atoms with Crippen LogP contribution in [0.25, 0.3) is 11.3 Å². The Morgan fingerprint density at radius 1 is 1.25 bits per heavy atom. The first kappa shape index (κ1) is 16.0. The standard InChI is InChI=1S/C19H16ClN3O/c1-12-9-15(14-7-8-21-19(11-14)23-13(2)24)10-18(22-12)16-5-3-4-6-17(16)20/h3-11,22H,1H2,2H3,(H,21,23,24). The number of aromatic nitrogens is 1. The summed E-state index contributed by atoms with van der Waals surface area (Å²) >= 11 is 6.29. The van der Waals surface area contributed by atoms with Gasteiger partial charge in [0.15, 0.2) is 0 Å². The Morgan fingerprint density at radius 3 is 2.79 bits per heavy atom. The molecule has 0 saturated carbocycles. The van der Waals surface area contributed by atoms with Gasteiger partial charge >= 0.3 is 0 Å². The monoisotopic (exact) mass is 337 g/mol. The molecule has 2 N–H and O–H groups in total. The first-order valence-corrected chi connectivity index (χ1v) is 7.79. The van der Waals surface area contributed by atoms with Gasteiger partial charge in [-0.2, -0.15) is 0 Å². The Balaban J connectivity index is 2.00. The van der Waals surface area contributed by atoms with Gasteiger partial charge in [-0.15, -0.1) is 0 Å². The number of carbonyl (C=O) groups is 1. The Bertz CT molecular complexity index is 884. The highest BCUT2D eigenvalue weighted by molar-refractivity contribution is 6.32. The minimum Gasteiger partial charge on any atom is -0.355 e. The lowest BCUT2D eigenvalue weighted by Crippen LogP contribution is -2.14. The molecule has 5 heteroatoms. The molecule has 1 aromatic carbocycles. The molecule has 4 nitrogen and oxygen atoms in total. The van der Waals surface area contributed by atoms with Crippen LogP contribution in [0, 0.1) is 0 Å². The third kappa shape index (κ3) is 3.55. The fraction of sp³-hybridized carbons (Fsp3) is 0.0526. The maximum atomic E-state index is 11.2. The molecular weight excluding hydrogens is 322 g/mol. The molecule has 0 radical (unpaired) electrons. The highest BCUT2D eigenvalue weighted by Crippen LogP contribution is 2.30. The van der Waals surface area contributed by atoms with E-state index in [0.29, 0.717) is 10.8 Å². The Kier molecular flexibility index (Phi) is 4.49. The van der Waals surface area contributed by atoms with Crippen LogP contribution in [0.15, 0.2) is 67.0 Å². The fourth-order valence-electron chi connectivity index (χ4n) is 2.48. The number of nitrogens with zero attached hydrogens (tertiary/aromatic N) is 1. The third-order valence-electron chi connectivity index (χ3n) is 3.49. The summed E-state index contributed by atoms with van der Waals surface area (Å²) in [4.78, 5) is 15.4. The second-order valence-electron chi connectivity index (χ2n) is 5.40. The highest BCUT2D eigenvalue weighted by atomic mass is 35.5. The minimum atomic E-state index is -0.157. The number of rotatable bonds is 3. The van der Waals surface area contributed by atoms with Crippen molar-refractivity contribution in [3.63, 3.8) is 0 Å². The summed E-state index contributed by atoms with van der Waals surface area (Å²) in [5.41, 5.74) is 4.44. The van der Waals surface area contributed by atoms with Crippen LogP contribution in [0.5, 0.6) is 0 Å². The lowest BCUT2D eigenvalue weighted by molar-refractivity contribution is -0.114. The number of amides is 1. The second-order valence-corrected chi connectivity index (χ2v) is 5.81. The molecule has 0 aliphatic carbocycles. The third-order valence-corrected chi connectivity index (χ3v) is 3.82. The summed E-state index contributed by atoms with van der Waals surface area (Å²) < 4.78 is 0. The number of hydrogen-bond donors (Lipinski definition) is 2. The molecule has 0 fully saturated rings. The van der Waals surface area contributed by atoms with Gasteiger partial charge in [-0.1, -0.05) is 36.4 Å². The van der Waals surface area contributed by atoms with Crippen molar-refractivity contribution in [1.29, 1.82) is 0 Å². The van der Waals surface area contributed by atoms with E-state index in [0.717, 1.165) is 28.1 Å². The maximum Gasteiger partial charge on any atom is 0.222 e. The molecule has 1 amide bonds. The molecule has 0 bridgehead atoms. The van der Waals surface area contributed by atoms with Gasteiger partial charge in [0.25, 0.3) is 0 Å². The van der Waals surface area contributed by atoms with Gasteiger partial charge in [0.1, 0.15) is 5.82 Å². The SMILES string of the molecule is C=C1C=C(c2ccnc(NC(C)=O)c2)C=C(c2ccccc2Cl)N1. The second kappa shape index (κ2) is 6.72. The van der Waals surface area contributed by atoms with E-state index in [-0.39, 0.29) is 5.91 Å². The quantitative estimate of drug-likeness (QED) is 0.881. The zero-order chi connectivity index (χ0) is 17.1. The molecule has 3 rings (SSSR count). The summed E-state index contributed by atoms with van der Waals surface area (Å²) in [6, 6.07) is 11.3. The molecule has 0 unspecified atom stereocenters. The van der Waals surface area contributed by atoms with Crippen LogP contribution in [0.2, 0.25) is 5.02 Å². The number of carbonyl (C=O) groups excluding carboxylic acids is 1. The van der Waals surface area contributed by atoms with Gasteiger partial charge in [-0.25, -0.2) is 4.98 Å². The number of nitrogens with one attached hydrogen (secondary N) is 2. The van der Waals surface area contributed by atoms with Crippen LogP contribution >= 0.6 is 11.6 Å². The first-order chi connectivity index (χ1) is 11.5. The molecule has 24 heavy (non-hydrogen) atoms. The summed E-state index contributed by atoms with van der Waals surface area (Å²) in [5, 5.41) is 6.60. The smallest absolute Gasteiger partial charge is 0.222 e. The lowest BCUT2D eigenvalue weighted by atomic mass is 9.99. The van der Waals surface area contributed by atoms with E-state index in [1.54, 1.807) is 6.20 Å². The molecule has 1 aliphatic heterocycles. The van der Waals surface area contributed by atoms with E-state index in [1.165, 1.54) is 6.92 Å². The number of hydrogen-bond acceptors (Lipinski definition) is 3. The van der Waals surface area contributed by atoms with Crippen molar-refractivity contribution in [2.45, 2.75) is 6.92 Å². The molecule has 2 heterocycles. The van der Waals surface area contributed by atoms with Crippen molar-refractivity contribution in [2.75, 3.05) is 5.32 Å². The van der Waals surface area contributed by atoms with Gasteiger partial charge < -0.3 is 10.6 Å². The van der Waals surface area contributed by atoms with Crippen LogP contribution in [-0.2, 0) is 4.79 Å². The number of allylic oxidation sites excluding steroid dienone is 3. The number of pyridine rings is 1. The van der Waals surface area contributed by atoms with E-state index in [2.05, 4.69) is 22.2 Å². The average Bonchev–Trinajstić information content (AvgIpc) is 2.54. The van der Waals surface area contributed by atoms with E-state index in [4.69, 9.17) is 11.6 Å². The predicted molar refractivity (Wildman–Crippen MR) is 98.2 cm³/mol. The van der Waals surface area contributed by atoms with Crippen molar-refractivity contribution in [3.05, 3.63) is 83.2 Å². The molecule has 1 aromatic heterocycles. The van der Waals surface area contributed by atoms with Crippen molar-refractivity contribution in [3.8, 4) is 0 Å².